The molecule has 0 bridgehead atoms. The second kappa shape index (κ2) is 5.14. The SMILES string of the molecule is O=C(O)CC(O)C(=O)O.P. The minimum Gasteiger partial charge on any atom is -0.481 e. The maximum atomic E-state index is 9.72. The van der Waals surface area contributed by atoms with E-state index in [-0.39, 0.29) is 9.90 Å². The number of rotatable bonds is 3. The first-order valence-electron chi connectivity index (χ1n) is 2.16. The van der Waals surface area contributed by atoms with Gasteiger partial charge in [0.15, 0.2) is 6.10 Å². The lowest BCUT2D eigenvalue weighted by Gasteiger charge is -1.97. The maximum Gasteiger partial charge on any atom is 0.333 e. The van der Waals surface area contributed by atoms with Gasteiger partial charge in [0, 0.05) is 0 Å². The van der Waals surface area contributed by atoms with Gasteiger partial charge in [0.25, 0.3) is 0 Å². The van der Waals surface area contributed by atoms with Gasteiger partial charge in [-0.1, -0.05) is 0 Å². The third-order valence-electron chi connectivity index (χ3n) is 0.653. The van der Waals surface area contributed by atoms with Crippen LogP contribution in [0.5, 0.6) is 0 Å². The van der Waals surface area contributed by atoms with Crippen molar-refractivity contribution in [1.29, 1.82) is 0 Å². The Hall–Kier alpha value is -0.670. The molecular formula is C4H9O5P. The summed E-state index contributed by atoms with van der Waals surface area (Å²) in [6.07, 6.45) is -2.54. The van der Waals surface area contributed by atoms with E-state index in [1.54, 1.807) is 0 Å². The van der Waals surface area contributed by atoms with Crippen LogP contribution in [0.25, 0.3) is 0 Å². The van der Waals surface area contributed by atoms with Crippen LogP contribution in [0, 0.1) is 0 Å². The van der Waals surface area contributed by atoms with Crippen molar-refractivity contribution < 1.29 is 24.9 Å². The molecule has 0 aromatic heterocycles. The summed E-state index contributed by atoms with van der Waals surface area (Å²) < 4.78 is 0. The molecular weight excluding hydrogens is 159 g/mol. The highest BCUT2D eigenvalue weighted by Gasteiger charge is 2.16. The normalized spacial score (nSPS) is 11.3. The molecule has 2 atom stereocenters. The van der Waals surface area contributed by atoms with Crippen LogP contribution in [-0.4, -0.2) is 33.4 Å². The molecule has 5 nitrogen and oxygen atoms in total. The molecule has 0 amide bonds. The molecule has 0 fully saturated rings. The first kappa shape index (κ1) is 12.0. The topological polar surface area (TPSA) is 94.8 Å². The summed E-state index contributed by atoms with van der Waals surface area (Å²) in [5.41, 5.74) is 0. The number of aliphatic carboxylic acids is 2. The fraction of sp³-hybridized carbons (Fsp3) is 0.500. The Kier molecular flexibility index (Phi) is 6.20. The lowest BCUT2D eigenvalue weighted by atomic mass is 10.3. The Labute approximate surface area is 60.3 Å². The zero-order chi connectivity index (χ0) is 7.44. The molecule has 0 aliphatic carbocycles. The molecule has 0 aromatic rings. The van der Waals surface area contributed by atoms with Crippen LogP contribution >= 0.6 is 9.90 Å². The number of aliphatic hydroxyl groups excluding tert-OH is 1. The molecule has 0 aromatic carbocycles. The van der Waals surface area contributed by atoms with Gasteiger partial charge >= 0.3 is 11.9 Å². The molecule has 0 heterocycles. The summed E-state index contributed by atoms with van der Waals surface area (Å²) >= 11 is 0. The van der Waals surface area contributed by atoms with Gasteiger partial charge in [0.2, 0.25) is 0 Å². The Morgan fingerprint density at radius 2 is 1.70 bits per heavy atom. The maximum absolute atomic E-state index is 9.72. The van der Waals surface area contributed by atoms with Gasteiger partial charge in [-0.2, -0.15) is 9.90 Å². The fourth-order valence-corrected chi connectivity index (χ4v) is 0.253. The number of hydrogen-bond acceptors (Lipinski definition) is 3. The lowest BCUT2D eigenvalue weighted by molar-refractivity contribution is -0.152. The van der Waals surface area contributed by atoms with Crippen molar-refractivity contribution >= 4 is 21.8 Å². The molecule has 10 heavy (non-hydrogen) atoms. The van der Waals surface area contributed by atoms with Crippen molar-refractivity contribution in [3.8, 4) is 0 Å². The smallest absolute Gasteiger partial charge is 0.333 e. The summed E-state index contributed by atoms with van der Waals surface area (Å²) in [5, 5.41) is 24.1. The molecule has 0 aliphatic rings. The molecule has 0 saturated carbocycles. The van der Waals surface area contributed by atoms with Gasteiger partial charge in [0.05, 0.1) is 6.42 Å². The van der Waals surface area contributed by atoms with Gasteiger partial charge < -0.3 is 15.3 Å². The zero-order valence-electron chi connectivity index (χ0n) is 5.15. The summed E-state index contributed by atoms with van der Waals surface area (Å²) in [4.78, 5) is 19.4. The molecule has 2 unspecified atom stereocenters. The van der Waals surface area contributed by atoms with Gasteiger partial charge in [-0.3, -0.25) is 4.79 Å². The van der Waals surface area contributed by atoms with Gasteiger partial charge in [-0.05, 0) is 0 Å². The molecule has 0 aliphatic heterocycles. The van der Waals surface area contributed by atoms with Crippen LogP contribution in [0.1, 0.15) is 6.42 Å². The van der Waals surface area contributed by atoms with E-state index in [1.165, 1.54) is 0 Å². The standard InChI is InChI=1S/C4H6O5.H3P/c5-2(4(8)9)1-3(6)7;/h2,5H,1H2,(H,6,7)(H,8,9);1H3. The highest BCUT2D eigenvalue weighted by molar-refractivity contribution is 6.92. The van der Waals surface area contributed by atoms with Crippen molar-refractivity contribution in [3.05, 3.63) is 0 Å². The van der Waals surface area contributed by atoms with Gasteiger partial charge in [-0.25, -0.2) is 4.79 Å². The quantitative estimate of drug-likeness (QED) is 0.468. The third kappa shape index (κ3) is 5.47. The fourth-order valence-electron chi connectivity index (χ4n) is 0.253. The third-order valence-corrected chi connectivity index (χ3v) is 0.653. The van der Waals surface area contributed by atoms with E-state index in [4.69, 9.17) is 15.3 Å². The summed E-state index contributed by atoms with van der Waals surface area (Å²) in [6, 6.07) is 0. The second-order valence-electron chi connectivity index (χ2n) is 1.45. The predicted molar refractivity (Wildman–Crippen MR) is 37.0 cm³/mol. The predicted octanol–water partition coefficient (Wildman–Crippen LogP) is -1.04. The van der Waals surface area contributed by atoms with Crippen molar-refractivity contribution in [2.24, 2.45) is 0 Å². The van der Waals surface area contributed by atoms with Crippen LogP contribution in [-0.2, 0) is 9.59 Å². The zero-order valence-corrected chi connectivity index (χ0v) is 6.56. The lowest BCUT2D eigenvalue weighted by Crippen LogP contribution is -2.22. The van der Waals surface area contributed by atoms with Crippen LogP contribution in [0.4, 0.5) is 0 Å². The summed E-state index contributed by atoms with van der Waals surface area (Å²) in [5.74, 6) is -2.85. The molecule has 6 heteroatoms. The van der Waals surface area contributed by atoms with Crippen molar-refractivity contribution in [2.45, 2.75) is 12.5 Å². The van der Waals surface area contributed by atoms with E-state index in [1.807, 2.05) is 0 Å². The highest BCUT2D eigenvalue weighted by Crippen LogP contribution is 1.89. The van der Waals surface area contributed by atoms with E-state index in [9.17, 15) is 9.59 Å². The summed E-state index contributed by atoms with van der Waals surface area (Å²) in [7, 11) is 0. The molecule has 0 rings (SSSR count). The van der Waals surface area contributed by atoms with Crippen molar-refractivity contribution in [2.75, 3.05) is 0 Å². The molecule has 60 valence electrons. The highest BCUT2D eigenvalue weighted by atomic mass is 31.0. The van der Waals surface area contributed by atoms with E-state index in [2.05, 4.69) is 0 Å². The largest absolute Gasteiger partial charge is 0.481 e. The average molecular weight is 168 g/mol. The second-order valence-corrected chi connectivity index (χ2v) is 1.45. The monoisotopic (exact) mass is 168 g/mol. The van der Waals surface area contributed by atoms with Crippen LogP contribution in [0.2, 0.25) is 0 Å². The van der Waals surface area contributed by atoms with Crippen LogP contribution < -0.4 is 0 Å². The van der Waals surface area contributed by atoms with Gasteiger partial charge in [0.1, 0.15) is 0 Å². The molecule has 3 N–H and O–H groups in total. The first-order chi connectivity index (χ1) is 4.04. The Morgan fingerprint density at radius 3 is 1.80 bits per heavy atom. The van der Waals surface area contributed by atoms with Crippen molar-refractivity contribution in [1.82, 2.24) is 0 Å². The van der Waals surface area contributed by atoms with Crippen LogP contribution in [0.3, 0.4) is 0 Å². The van der Waals surface area contributed by atoms with E-state index in [0.29, 0.717) is 0 Å². The molecule has 0 radical (unpaired) electrons. The Bertz CT molecular complexity index is 134. The van der Waals surface area contributed by atoms with Gasteiger partial charge in [-0.15, -0.1) is 0 Å². The number of carbonyl (C=O) groups is 2. The number of carboxylic acids is 2. The van der Waals surface area contributed by atoms with E-state index < -0.39 is 24.5 Å². The minimum absolute atomic E-state index is 0. The average Bonchev–Trinajstić information content (AvgIpc) is 1.63. The Balaban J connectivity index is 0. The number of carboxylic acid groups (broad SMARTS) is 2. The van der Waals surface area contributed by atoms with Crippen LogP contribution in [0.15, 0.2) is 0 Å². The summed E-state index contributed by atoms with van der Waals surface area (Å²) in [6.45, 7) is 0. The number of aliphatic hydroxyl groups is 1. The van der Waals surface area contributed by atoms with Crippen molar-refractivity contribution in [3.63, 3.8) is 0 Å². The van der Waals surface area contributed by atoms with E-state index in [0.717, 1.165) is 0 Å². The number of hydrogen-bond donors (Lipinski definition) is 3. The molecule has 0 spiro atoms. The Morgan fingerprint density at radius 1 is 1.30 bits per heavy atom. The molecule has 0 saturated heterocycles. The first-order valence-corrected chi connectivity index (χ1v) is 2.16. The minimum atomic E-state index is -1.79. The van der Waals surface area contributed by atoms with E-state index >= 15 is 0 Å².